The number of carbonyl (C=O) groups excluding carboxylic acids is 3. The van der Waals surface area contributed by atoms with E-state index in [2.05, 4.69) is 25.0 Å². The molecule has 4 aliphatic heterocycles. The molecule has 4 rings (SSSR count). The van der Waals surface area contributed by atoms with E-state index in [-0.39, 0.29) is 48.1 Å². The maximum Gasteiger partial charge on any atom is 0.310 e. The lowest BCUT2D eigenvalue weighted by Crippen LogP contribution is -2.60. The van der Waals surface area contributed by atoms with Gasteiger partial charge in [-0.05, 0) is 31.1 Å². The van der Waals surface area contributed by atoms with Crippen molar-refractivity contribution in [3.63, 3.8) is 0 Å². The normalized spacial score (nSPS) is 32.4. The number of morpholine rings is 1. The molecule has 0 aromatic rings. The molecule has 0 saturated carbocycles. The lowest BCUT2D eigenvalue weighted by molar-refractivity contribution is -0.155. The first-order chi connectivity index (χ1) is 19.8. The predicted molar refractivity (Wildman–Crippen MR) is 160 cm³/mol. The molecule has 0 aromatic heterocycles. The summed E-state index contributed by atoms with van der Waals surface area (Å²) in [5, 5.41) is 10.5. The number of amides is 2. The van der Waals surface area contributed by atoms with Gasteiger partial charge >= 0.3 is 5.97 Å². The maximum atomic E-state index is 14.7. The number of hydrogen-bond donors (Lipinski definition) is 1. The number of esters is 1. The molecule has 0 aromatic carbocycles. The minimum absolute atomic E-state index is 0.0162. The fourth-order valence-electron chi connectivity index (χ4n) is 7.38. The molecular weight excluding hydrogens is 542 g/mol. The van der Waals surface area contributed by atoms with Gasteiger partial charge in [-0.3, -0.25) is 19.3 Å². The molecule has 10 heteroatoms. The molecule has 230 valence electrons. The van der Waals surface area contributed by atoms with Gasteiger partial charge in [-0.25, -0.2) is 0 Å². The third-order valence-corrected chi connectivity index (χ3v) is 11.9. The Morgan fingerprint density at radius 1 is 1.29 bits per heavy atom. The highest BCUT2D eigenvalue weighted by molar-refractivity contribution is 8.02. The van der Waals surface area contributed by atoms with Crippen LogP contribution in [0.25, 0.3) is 0 Å². The summed E-state index contributed by atoms with van der Waals surface area (Å²) in [6.45, 7) is 18.4. The lowest BCUT2D eigenvalue weighted by Gasteiger charge is -2.43. The van der Waals surface area contributed by atoms with E-state index in [1.807, 2.05) is 18.7 Å². The minimum atomic E-state index is -0.764. The highest BCUT2D eigenvalue weighted by Crippen LogP contribution is 2.69. The Morgan fingerprint density at radius 3 is 2.66 bits per heavy atom. The summed E-state index contributed by atoms with van der Waals surface area (Å²) in [5.41, 5.74) is 0. The first kappa shape index (κ1) is 32.0. The minimum Gasteiger partial charge on any atom is -0.465 e. The van der Waals surface area contributed by atoms with Crippen molar-refractivity contribution in [2.45, 2.75) is 68.5 Å². The zero-order valence-electron chi connectivity index (χ0n) is 25.0. The summed E-state index contributed by atoms with van der Waals surface area (Å²) in [6.07, 6.45) is 6.47. The van der Waals surface area contributed by atoms with Crippen molar-refractivity contribution in [3.05, 3.63) is 25.3 Å². The van der Waals surface area contributed by atoms with Gasteiger partial charge in [0.05, 0.1) is 49.1 Å². The van der Waals surface area contributed by atoms with Crippen LogP contribution in [0.3, 0.4) is 0 Å². The van der Waals surface area contributed by atoms with E-state index in [9.17, 15) is 19.5 Å². The van der Waals surface area contributed by atoms with Crippen LogP contribution in [-0.4, -0.2) is 119 Å². The van der Waals surface area contributed by atoms with Crippen molar-refractivity contribution in [2.24, 2.45) is 23.7 Å². The van der Waals surface area contributed by atoms with Gasteiger partial charge in [0.25, 0.3) is 0 Å². The van der Waals surface area contributed by atoms with Gasteiger partial charge in [0.15, 0.2) is 0 Å². The lowest BCUT2D eigenvalue weighted by atomic mass is 9.66. The van der Waals surface area contributed by atoms with Crippen molar-refractivity contribution in [1.82, 2.24) is 14.7 Å². The smallest absolute Gasteiger partial charge is 0.310 e. The molecule has 9 nitrogen and oxygen atoms in total. The van der Waals surface area contributed by atoms with Gasteiger partial charge in [-0.2, -0.15) is 0 Å². The van der Waals surface area contributed by atoms with Crippen molar-refractivity contribution in [2.75, 3.05) is 59.2 Å². The number of fused-ring (bicyclic) bond motifs is 1. The summed E-state index contributed by atoms with van der Waals surface area (Å²) < 4.78 is 10.4. The van der Waals surface area contributed by atoms with Crippen LogP contribution >= 0.6 is 11.8 Å². The first-order valence-corrected chi connectivity index (χ1v) is 16.2. The third-order valence-electron chi connectivity index (χ3n) is 9.78. The van der Waals surface area contributed by atoms with E-state index in [0.29, 0.717) is 39.3 Å². The summed E-state index contributed by atoms with van der Waals surface area (Å²) in [6, 6.07) is -1.28. The van der Waals surface area contributed by atoms with E-state index < -0.39 is 28.7 Å². The van der Waals surface area contributed by atoms with Crippen LogP contribution < -0.4 is 0 Å². The Balaban J connectivity index is 1.69. The molecule has 4 heterocycles. The Labute approximate surface area is 249 Å². The largest absolute Gasteiger partial charge is 0.465 e. The topological polar surface area (TPSA) is 99.6 Å². The quantitative estimate of drug-likeness (QED) is 0.176. The van der Waals surface area contributed by atoms with Gasteiger partial charge in [-0.1, -0.05) is 39.3 Å². The van der Waals surface area contributed by atoms with Gasteiger partial charge in [-0.15, -0.1) is 24.9 Å². The molecule has 41 heavy (non-hydrogen) atoms. The Morgan fingerprint density at radius 2 is 2.02 bits per heavy atom. The molecule has 4 saturated heterocycles. The average Bonchev–Trinajstić information content (AvgIpc) is 3.57. The molecule has 8 atom stereocenters. The van der Waals surface area contributed by atoms with Crippen LogP contribution in [0.4, 0.5) is 0 Å². The number of aliphatic hydroxyl groups excluding tert-OH is 1. The van der Waals surface area contributed by atoms with Crippen molar-refractivity contribution in [1.29, 1.82) is 0 Å². The Bertz CT molecular complexity index is 973. The van der Waals surface area contributed by atoms with Crippen LogP contribution in [-0.2, 0) is 23.9 Å². The van der Waals surface area contributed by atoms with Gasteiger partial charge in [0.1, 0.15) is 6.04 Å². The van der Waals surface area contributed by atoms with E-state index in [0.717, 1.165) is 32.4 Å². The number of thioether (sulfide) groups is 1. The van der Waals surface area contributed by atoms with Gasteiger partial charge in [0, 0.05) is 38.0 Å². The van der Waals surface area contributed by atoms with Gasteiger partial charge in [0.2, 0.25) is 11.8 Å². The molecule has 0 radical (unpaired) electrons. The second-order valence-electron chi connectivity index (χ2n) is 12.1. The van der Waals surface area contributed by atoms with Crippen LogP contribution in [0.1, 0.15) is 46.5 Å². The second-order valence-corrected chi connectivity index (χ2v) is 13.6. The van der Waals surface area contributed by atoms with Crippen molar-refractivity contribution in [3.8, 4) is 0 Å². The van der Waals surface area contributed by atoms with Gasteiger partial charge < -0.3 is 24.4 Å². The molecule has 1 spiro atoms. The number of unbranched alkanes of at least 4 members (excludes halogenated alkanes) is 1. The number of aliphatic hydroxyl groups is 1. The Kier molecular flexibility index (Phi) is 11.0. The predicted octanol–water partition coefficient (Wildman–Crippen LogP) is 2.59. The highest BCUT2D eigenvalue weighted by atomic mass is 32.2. The number of likely N-dealkylation sites (tertiary alicyclic amines) is 1. The number of carbonyl (C=O) groups is 3. The molecule has 1 N–H and O–H groups in total. The summed E-state index contributed by atoms with van der Waals surface area (Å²) in [4.78, 5) is 48.5. The van der Waals surface area contributed by atoms with Crippen molar-refractivity contribution < 1.29 is 29.0 Å². The van der Waals surface area contributed by atoms with E-state index in [1.54, 1.807) is 28.8 Å². The standard InChI is InChI=1S/C31H49N3O6S/c1-6-9-10-16-40-30(38)25-24-19-22(5)31(41-24)26(25)28(36)34(23(20-35)21(4)8-3)27(31)29(37)33(11-7-2)13-12-32-14-17-39-18-15-32/h6-7,21-27,35H,1-2,8-20H2,3-5H3/t21-,22?,23-,24-,25+,26-,27?,31?/m0/s1. The molecule has 4 fully saturated rings. The van der Waals surface area contributed by atoms with Crippen LogP contribution in [0.5, 0.6) is 0 Å². The maximum absolute atomic E-state index is 14.7. The fraction of sp³-hybridized carbons (Fsp3) is 0.774. The number of nitrogens with zero attached hydrogens (tertiary/aromatic N) is 3. The average molecular weight is 592 g/mol. The summed E-state index contributed by atoms with van der Waals surface area (Å²) in [5.74, 6) is -1.85. The summed E-state index contributed by atoms with van der Waals surface area (Å²) in [7, 11) is 0. The zero-order valence-corrected chi connectivity index (χ0v) is 25.9. The number of hydrogen-bond acceptors (Lipinski definition) is 8. The van der Waals surface area contributed by atoms with E-state index >= 15 is 0 Å². The molecular formula is C31H49N3O6S. The van der Waals surface area contributed by atoms with Crippen LogP contribution in [0, 0.1) is 23.7 Å². The van der Waals surface area contributed by atoms with Crippen LogP contribution in [0.15, 0.2) is 25.3 Å². The number of ether oxygens (including phenoxy) is 2. The zero-order chi connectivity index (χ0) is 29.7. The highest BCUT2D eigenvalue weighted by Gasteiger charge is 2.77. The summed E-state index contributed by atoms with van der Waals surface area (Å²) >= 11 is 1.65. The van der Waals surface area contributed by atoms with Crippen molar-refractivity contribution >= 4 is 29.5 Å². The first-order valence-electron chi connectivity index (χ1n) is 15.3. The third kappa shape index (κ3) is 5.99. The van der Waals surface area contributed by atoms with E-state index in [4.69, 9.17) is 9.47 Å². The monoisotopic (exact) mass is 591 g/mol. The second kappa shape index (κ2) is 14.1. The Hall–Kier alpha value is -1.88. The number of allylic oxidation sites excluding steroid dienone is 1. The number of rotatable bonds is 15. The molecule has 2 bridgehead atoms. The SMILES string of the molecule is C=CCCCOC(=O)[C@@H]1[C@@H]2CC(C)C3(S2)C(C(=O)N(CC=C)CCN2CCOCC2)N([C@@H](CO)[C@@H](C)CC)C(=O)[C@H]13. The van der Waals surface area contributed by atoms with E-state index in [1.165, 1.54) is 0 Å². The molecule has 4 aliphatic rings. The molecule has 2 amide bonds. The molecule has 3 unspecified atom stereocenters. The van der Waals surface area contributed by atoms with Crippen LogP contribution in [0.2, 0.25) is 0 Å². The molecule has 0 aliphatic carbocycles. The fourth-order valence-corrected chi connectivity index (χ4v) is 9.77.